The van der Waals surface area contributed by atoms with Crippen LogP contribution in [-0.2, 0) is 17.9 Å². The lowest BCUT2D eigenvalue weighted by molar-refractivity contribution is -0.122. The predicted octanol–water partition coefficient (Wildman–Crippen LogP) is 2.85. The molecule has 0 bridgehead atoms. The highest BCUT2D eigenvalue weighted by Crippen LogP contribution is 2.25. The van der Waals surface area contributed by atoms with Gasteiger partial charge in [-0.05, 0) is 26.0 Å². The summed E-state index contributed by atoms with van der Waals surface area (Å²) in [4.78, 5) is 12.0. The van der Waals surface area contributed by atoms with Gasteiger partial charge in [-0.15, -0.1) is 0 Å². The van der Waals surface area contributed by atoms with Crippen molar-refractivity contribution in [1.29, 1.82) is 0 Å². The minimum atomic E-state index is -3.00. The van der Waals surface area contributed by atoms with Gasteiger partial charge in [0.15, 0.2) is 0 Å². The average Bonchev–Trinajstić information content (AvgIpc) is 3.13. The number of hydrogen-bond donors (Lipinski definition) is 1. The molecule has 0 saturated carbocycles. The van der Waals surface area contributed by atoms with E-state index in [9.17, 15) is 22.4 Å². The highest BCUT2D eigenvalue weighted by atomic mass is 19.3. The lowest BCUT2D eigenvalue weighted by atomic mass is 10.2. The van der Waals surface area contributed by atoms with E-state index in [-0.39, 0.29) is 0 Å². The Morgan fingerprint density at radius 3 is 2.46 bits per heavy atom. The smallest absolute Gasteiger partial charge is 0.282 e. The van der Waals surface area contributed by atoms with Gasteiger partial charge in [-0.3, -0.25) is 14.2 Å². The third-order valence-electron chi connectivity index (χ3n) is 3.38. The fourth-order valence-electron chi connectivity index (χ4n) is 2.14. The molecule has 10 heteroatoms. The summed E-state index contributed by atoms with van der Waals surface area (Å²) in [5, 5.41) is 10.2. The lowest BCUT2D eigenvalue weighted by Gasteiger charge is -2.12. The first kappa shape index (κ1) is 18.0. The van der Waals surface area contributed by atoms with E-state index in [1.54, 1.807) is 23.9 Å². The topological polar surface area (TPSA) is 64.7 Å². The van der Waals surface area contributed by atoms with Gasteiger partial charge in [0.2, 0.25) is 5.91 Å². The molecule has 1 atom stereocenters. The molecule has 1 unspecified atom stereocenters. The number of carbonyl (C=O) groups is 1. The van der Waals surface area contributed by atoms with E-state index in [1.807, 2.05) is 6.92 Å². The molecule has 1 N–H and O–H groups in total. The van der Waals surface area contributed by atoms with Gasteiger partial charge in [-0.1, -0.05) is 0 Å². The largest absolute Gasteiger partial charge is 0.346 e. The van der Waals surface area contributed by atoms with Crippen LogP contribution in [0.15, 0.2) is 18.3 Å². The highest BCUT2D eigenvalue weighted by molar-refractivity contribution is 5.76. The third-order valence-corrected chi connectivity index (χ3v) is 3.38. The monoisotopic (exact) mass is 347 g/mol. The van der Waals surface area contributed by atoms with E-state index in [2.05, 4.69) is 15.5 Å². The summed E-state index contributed by atoms with van der Waals surface area (Å²) >= 11 is 0. The number of halogens is 4. The van der Waals surface area contributed by atoms with Crippen molar-refractivity contribution < 1.29 is 22.4 Å². The molecular weight excluding hydrogens is 330 g/mol. The molecule has 6 nitrogen and oxygen atoms in total. The van der Waals surface area contributed by atoms with Crippen LogP contribution in [0.3, 0.4) is 0 Å². The van der Waals surface area contributed by atoms with Crippen LogP contribution in [0.1, 0.15) is 49.8 Å². The number of rotatable bonds is 7. The molecule has 0 aliphatic rings. The number of amides is 1. The Morgan fingerprint density at radius 2 is 1.92 bits per heavy atom. The molecule has 0 spiro atoms. The third kappa shape index (κ3) is 4.12. The second-order valence-electron chi connectivity index (χ2n) is 5.14. The molecule has 0 fully saturated rings. The molecular formula is C14H17F4N5O. The molecule has 0 saturated heterocycles. The standard InChI is InChI=1S/C14H17F4N5O/c1-3-22-5-4-9(20-22)8(2)19-12(24)7-23-11(14(17)18)6-10(21-23)13(15)16/h4-6,8,13-14H,3,7H2,1-2H3,(H,19,24). The van der Waals surface area contributed by atoms with Gasteiger partial charge >= 0.3 is 0 Å². The molecule has 0 radical (unpaired) electrons. The zero-order chi connectivity index (χ0) is 17.9. The maximum absolute atomic E-state index is 12.9. The zero-order valence-corrected chi connectivity index (χ0v) is 13.1. The van der Waals surface area contributed by atoms with Crippen LogP contribution in [0.25, 0.3) is 0 Å². The summed E-state index contributed by atoms with van der Waals surface area (Å²) in [5.41, 5.74) is -0.899. The summed E-state index contributed by atoms with van der Waals surface area (Å²) in [6.45, 7) is 3.68. The molecule has 2 aromatic rings. The molecule has 24 heavy (non-hydrogen) atoms. The number of nitrogens with zero attached hydrogens (tertiary/aromatic N) is 4. The highest BCUT2D eigenvalue weighted by Gasteiger charge is 2.23. The maximum Gasteiger partial charge on any atom is 0.282 e. The van der Waals surface area contributed by atoms with Crippen molar-refractivity contribution in [2.75, 3.05) is 0 Å². The molecule has 2 rings (SSSR count). The Morgan fingerprint density at radius 1 is 1.21 bits per heavy atom. The lowest BCUT2D eigenvalue weighted by Crippen LogP contribution is -2.31. The van der Waals surface area contributed by atoms with Gasteiger partial charge in [0, 0.05) is 12.7 Å². The number of carbonyl (C=O) groups excluding carboxylic acids is 1. The van der Waals surface area contributed by atoms with Gasteiger partial charge in [0.25, 0.3) is 12.9 Å². The van der Waals surface area contributed by atoms with E-state index in [4.69, 9.17) is 0 Å². The van der Waals surface area contributed by atoms with Gasteiger partial charge in [-0.2, -0.15) is 10.2 Å². The number of alkyl halides is 4. The summed E-state index contributed by atoms with van der Waals surface area (Å²) in [7, 11) is 0. The number of hydrogen-bond acceptors (Lipinski definition) is 3. The Hall–Kier alpha value is -2.39. The number of aromatic nitrogens is 4. The van der Waals surface area contributed by atoms with Gasteiger partial charge < -0.3 is 5.32 Å². The van der Waals surface area contributed by atoms with Crippen LogP contribution < -0.4 is 5.32 Å². The van der Waals surface area contributed by atoms with Gasteiger partial charge in [0.1, 0.15) is 17.9 Å². The van der Waals surface area contributed by atoms with E-state index < -0.39 is 42.7 Å². The molecule has 0 aromatic carbocycles. The van der Waals surface area contributed by atoms with Crippen molar-refractivity contribution in [3.63, 3.8) is 0 Å². The number of aryl methyl sites for hydroxylation is 1. The second-order valence-corrected chi connectivity index (χ2v) is 5.14. The summed E-state index contributed by atoms with van der Waals surface area (Å²) in [5.74, 6) is -0.626. The minimum absolute atomic E-state index is 0.453. The van der Waals surface area contributed by atoms with Crippen molar-refractivity contribution in [3.8, 4) is 0 Å². The normalized spacial score (nSPS) is 12.8. The van der Waals surface area contributed by atoms with Crippen LogP contribution in [0.2, 0.25) is 0 Å². The SMILES string of the molecule is CCn1ccc(C(C)NC(=O)Cn2nc(C(F)F)cc2C(F)F)n1. The van der Waals surface area contributed by atoms with Crippen molar-refractivity contribution in [2.24, 2.45) is 0 Å². The van der Waals surface area contributed by atoms with Crippen molar-refractivity contribution in [1.82, 2.24) is 24.9 Å². The van der Waals surface area contributed by atoms with Crippen LogP contribution in [0.5, 0.6) is 0 Å². The first-order chi connectivity index (χ1) is 11.3. The predicted molar refractivity (Wildman–Crippen MR) is 76.6 cm³/mol. The average molecular weight is 347 g/mol. The first-order valence-electron chi connectivity index (χ1n) is 7.28. The summed E-state index contributed by atoms with van der Waals surface area (Å²) < 4.78 is 53.2. The molecule has 0 aliphatic heterocycles. The zero-order valence-electron chi connectivity index (χ0n) is 13.1. The van der Waals surface area contributed by atoms with Crippen LogP contribution in [0.4, 0.5) is 17.6 Å². The van der Waals surface area contributed by atoms with E-state index in [0.29, 0.717) is 23.0 Å². The van der Waals surface area contributed by atoms with Crippen LogP contribution in [-0.4, -0.2) is 25.5 Å². The number of nitrogens with one attached hydrogen (secondary N) is 1. The fraction of sp³-hybridized carbons (Fsp3) is 0.500. The Balaban J connectivity index is 2.06. The minimum Gasteiger partial charge on any atom is -0.346 e. The molecule has 132 valence electrons. The summed E-state index contributed by atoms with van der Waals surface area (Å²) in [6, 6.07) is 1.88. The molecule has 2 aromatic heterocycles. The van der Waals surface area contributed by atoms with E-state index >= 15 is 0 Å². The summed E-state index contributed by atoms with van der Waals surface area (Å²) in [6.07, 6.45) is -4.24. The molecule has 2 heterocycles. The first-order valence-corrected chi connectivity index (χ1v) is 7.28. The van der Waals surface area contributed by atoms with Crippen molar-refractivity contribution in [3.05, 3.63) is 35.4 Å². The Kier molecular flexibility index (Phi) is 5.58. The maximum atomic E-state index is 12.9. The van der Waals surface area contributed by atoms with Crippen LogP contribution >= 0.6 is 0 Å². The quantitative estimate of drug-likeness (QED) is 0.784. The molecule has 0 aliphatic carbocycles. The van der Waals surface area contributed by atoms with E-state index in [1.165, 1.54) is 0 Å². The Bertz CT molecular complexity index is 697. The van der Waals surface area contributed by atoms with Crippen molar-refractivity contribution >= 4 is 5.91 Å². The fourth-order valence-corrected chi connectivity index (χ4v) is 2.14. The Labute approximate surface area is 135 Å². The van der Waals surface area contributed by atoms with Crippen LogP contribution in [0, 0.1) is 0 Å². The second kappa shape index (κ2) is 7.45. The van der Waals surface area contributed by atoms with Gasteiger partial charge in [0.05, 0.1) is 11.7 Å². The molecule has 1 amide bonds. The van der Waals surface area contributed by atoms with Gasteiger partial charge in [-0.25, -0.2) is 17.6 Å². The van der Waals surface area contributed by atoms with E-state index in [0.717, 1.165) is 0 Å². The van der Waals surface area contributed by atoms with Crippen molar-refractivity contribution in [2.45, 2.75) is 45.8 Å².